The lowest BCUT2D eigenvalue weighted by Crippen LogP contribution is -2.68. The van der Waals surface area contributed by atoms with Crippen LogP contribution in [0.1, 0.15) is 12.0 Å². The van der Waals surface area contributed by atoms with E-state index in [0.29, 0.717) is 10.9 Å². The van der Waals surface area contributed by atoms with Crippen LogP contribution in [0.25, 0.3) is 0 Å². The summed E-state index contributed by atoms with van der Waals surface area (Å²) in [6.07, 6.45) is 6.46. The van der Waals surface area contributed by atoms with Gasteiger partial charge in [0, 0.05) is 22.4 Å². The highest BCUT2D eigenvalue weighted by Gasteiger charge is 2.54. The van der Waals surface area contributed by atoms with Crippen LogP contribution < -0.4 is 18.6 Å². The minimum atomic E-state index is -4.94. The minimum Gasteiger partial charge on any atom is -0.222 e. The number of rotatable bonds is 2. The maximum atomic E-state index is 8.49. The Hall–Kier alpha value is -0.270. The molecule has 1 unspecified atom stereocenters. The average Bonchev–Trinajstić information content (AvgIpc) is 3.07. The van der Waals surface area contributed by atoms with Gasteiger partial charge in [-0.1, -0.05) is 35.9 Å². The molecule has 1 saturated carbocycles. The van der Waals surface area contributed by atoms with Gasteiger partial charge >= 0.3 is 0 Å². The molecule has 1 aromatic rings. The largest absolute Gasteiger partial charge is 0.222 e. The maximum Gasteiger partial charge on any atom is 0.133 e. The Bertz CT molecular complexity index is 564. The summed E-state index contributed by atoms with van der Waals surface area (Å²) in [7, 11) is -4.34. The Labute approximate surface area is 145 Å². The third kappa shape index (κ3) is 4.63. The van der Waals surface area contributed by atoms with Gasteiger partial charge in [0.15, 0.2) is 0 Å². The lowest BCUT2D eigenvalue weighted by atomic mass is 9.86. The number of hydrogen-bond donors (Lipinski definition) is 0. The van der Waals surface area contributed by atoms with Crippen molar-refractivity contribution in [3.8, 4) is 0 Å². The topological polar surface area (TPSA) is 92.2 Å². The number of fused-ring (bicyclic) bond motifs is 5. The highest BCUT2D eigenvalue weighted by Crippen LogP contribution is 2.52. The van der Waals surface area contributed by atoms with E-state index >= 15 is 0 Å². The van der Waals surface area contributed by atoms with Gasteiger partial charge in [-0.05, 0) is 41.3 Å². The predicted octanol–water partition coefficient (Wildman–Crippen LogP) is -0.846. The zero-order valence-electron chi connectivity index (χ0n) is 12.4. The molecular formula is C16H18Cl2O4S. The summed E-state index contributed by atoms with van der Waals surface area (Å²) in [5.41, 5.74) is 1.44. The van der Waals surface area contributed by atoms with Crippen molar-refractivity contribution in [2.75, 3.05) is 11.5 Å². The van der Waals surface area contributed by atoms with Gasteiger partial charge in [-0.15, -0.1) is 10.2 Å². The lowest BCUT2D eigenvalue weighted by Gasteiger charge is -2.17. The molecule has 2 aliphatic carbocycles. The highest BCUT2D eigenvalue weighted by molar-refractivity contribution is 7.96. The zero-order chi connectivity index (χ0) is 16.6. The Balaban J connectivity index is 0.000000276. The van der Waals surface area contributed by atoms with Crippen LogP contribution in [0.15, 0.2) is 36.4 Å². The summed E-state index contributed by atoms with van der Waals surface area (Å²) in [5, 5.41) is 0.886. The van der Waals surface area contributed by atoms with Crippen molar-refractivity contribution in [3.63, 3.8) is 0 Å². The molecule has 7 heteroatoms. The molecule has 2 fully saturated rings. The third-order valence-corrected chi connectivity index (χ3v) is 7.61. The zero-order valence-corrected chi connectivity index (χ0v) is 14.7. The Morgan fingerprint density at radius 2 is 1.61 bits per heavy atom. The Morgan fingerprint density at radius 3 is 2.13 bits per heavy atom. The summed E-state index contributed by atoms with van der Waals surface area (Å²) in [5.74, 6) is 8.09. The normalized spacial score (nSPS) is 34.2. The van der Waals surface area contributed by atoms with E-state index in [4.69, 9.17) is 30.2 Å². The van der Waals surface area contributed by atoms with Crippen molar-refractivity contribution in [2.24, 2.45) is 23.7 Å². The highest BCUT2D eigenvalue weighted by atomic mass is 35.7. The minimum absolute atomic E-state index is 0.605. The van der Waals surface area contributed by atoms with E-state index in [1.807, 2.05) is 6.07 Å². The summed E-state index contributed by atoms with van der Waals surface area (Å²) in [6.45, 7) is 0. The van der Waals surface area contributed by atoms with E-state index in [1.165, 1.54) is 29.2 Å². The second-order valence-corrected chi connectivity index (χ2v) is 9.75. The number of hydrogen-bond acceptors (Lipinski definition) is 4. The first-order valence-electron chi connectivity index (χ1n) is 7.48. The number of halogens is 2. The van der Waals surface area contributed by atoms with E-state index in [-0.39, 0.29) is 0 Å². The van der Waals surface area contributed by atoms with E-state index in [1.54, 1.807) is 0 Å². The van der Waals surface area contributed by atoms with Crippen molar-refractivity contribution >= 4 is 22.5 Å². The molecule has 4 nitrogen and oxygen atoms in total. The van der Waals surface area contributed by atoms with E-state index < -0.39 is 10.2 Å². The van der Waals surface area contributed by atoms with Crippen LogP contribution in [0.5, 0.6) is 0 Å². The maximum absolute atomic E-state index is 8.49. The van der Waals surface area contributed by atoms with E-state index in [0.717, 1.165) is 28.7 Å². The van der Waals surface area contributed by atoms with Gasteiger partial charge < -0.3 is 0 Å². The first kappa shape index (κ1) is 17.5. The van der Waals surface area contributed by atoms with Crippen molar-refractivity contribution in [3.05, 3.63) is 47.0 Å². The molecule has 1 heterocycles. The fourth-order valence-corrected chi connectivity index (χ4v) is 7.43. The molecule has 5 atom stereocenters. The van der Waals surface area contributed by atoms with Gasteiger partial charge in [-0.3, -0.25) is 0 Å². The number of benzene rings is 1. The van der Waals surface area contributed by atoms with Crippen LogP contribution in [0.4, 0.5) is 0 Å². The molecule has 0 amide bonds. The molecular weight excluding hydrogens is 359 g/mol. The molecule has 3 aliphatic rings. The first-order chi connectivity index (χ1) is 10.8. The molecule has 1 aromatic carbocycles. The van der Waals surface area contributed by atoms with Gasteiger partial charge in [0.2, 0.25) is 0 Å². The molecule has 0 spiro atoms. The van der Waals surface area contributed by atoms with Crippen molar-refractivity contribution < 1.29 is 28.9 Å². The summed E-state index contributed by atoms with van der Waals surface area (Å²) in [6, 6.07) is 8.44. The molecule has 1 aliphatic heterocycles. The van der Waals surface area contributed by atoms with Crippen LogP contribution in [0.2, 0.25) is 5.02 Å². The number of allylic oxidation sites excluding steroid dienone is 2. The van der Waals surface area contributed by atoms with Gasteiger partial charge in [-0.2, -0.15) is 0 Å². The van der Waals surface area contributed by atoms with Gasteiger partial charge in [0.1, 0.15) is 17.3 Å². The SMILES string of the molecule is Clc1cccc(C[S+]2C[C@@H]3[C@H](C2)[C@@H]2C=C[C@H]3C2)c1.[O-][Cl+3]([O-])([O-])[O-]. The quantitative estimate of drug-likeness (QED) is 0.496. The molecule has 0 aromatic heterocycles. The van der Waals surface area contributed by atoms with E-state index in [9.17, 15) is 0 Å². The first-order valence-corrected chi connectivity index (χ1v) is 10.8. The third-order valence-electron chi connectivity index (χ3n) is 4.92. The predicted molar refractivity (Wildman–Crippen MR) is 80.0 cm³/mol. The van der Waals surface area contributed by atoms with Gasteiger partial charge in [-0.25, -0.2) is 18.6 Å². The molecule has 2 bridgehead atoms. The fraction of sp³-hybridized carbons (Fsp3) is 0.500. The standard InChI is InChI=1S/C16H18ClS.ClHO4/c17-14-3-1-2-11(6-14)8-18-9-15-12-4-5-13(7-12)16(15)10-18;2-1(3,4)5/h1-6,12-13,15-16H,7-10H2;(H,2,3,4,5)/q+1;/p-1/t12-,13+,15-,16+,18?;. The van der Waals surface area contributed by atoms with Gasteiger partial charge in [0.25, 0.3) is 0 Å². The summed E-state index contributed by atoms with van der Waals surface area (Å²) in [4.78, 5) is 0. The molecule has 0 radical (unpaired) electrons. The van der Waals surface area contributed by atoms with Crippen LogP contribution in [-0.4, -0.2) is 11.5 Å². The fourth-order valence-electron chi connectivity index (χ4n) is 4.11. The monoisotopic (exact) mass is 376 g/mol. The smallest absolute Gasteiger partial charge is 0.133 e. The average molecular weight is 377 g/mol. The molecule has 23 heavy (non-hydrogen) atoms. The van der Waals surface area contributed by atoms with Crippen LogP contribution >= 0.6 is 11.6 Å². The molecule has 4 rings (SSSR count). The second kappa shape index (κ2) is 6.92. The molecule has 126 valence electrons. The summed E-state index contributed by atoms with van der Waals surface area (Å²) >= 11 is 6.08. The van der Waals surface area contributed by atoms with Crippen LogP contribution in [0.3, 0.4) is 0 Å². The van der Waals surface area contributed by atoms with Gasteiger partial charge in [0.05, 0.1) is 0 Å². The van der Waals surface area contributed by atoms with Crippen molar-refractivity contribution in [2.45, 2.75) is 12.2 Å². The Morgan fingerprint density at radius 1 is 1.04 bits per heavy atom. The van der Waals surface area contributed by atoms with Crippen molar-refractivity contribution in [1.29, 1.82) is 0 Å². The Kier molecular flexibility index (Phi) is 5.28. The van der Waals surface area contributed by atoms with E-state index in [2.05, 4.69) is 30.4 Å². The summed E-state index contributed by atoms with van der Waals surface area (Å²) < 4.78 is 34.0. The van der Waals surface area contributed by atoms with Crippen LogP contribution in [0, 0.1) is 33.9 Å². The second-order valence-electron chi connectivity index (χ2n) is 6.37. The lowest BCUT2D eigenvalue weighted by molar-refractivity contribution is -2.00. The molecule has 0 N–H and O–H groups in total. The molecule has 1 saturated heterocycles. The van der Waals surface area contributed by atoms with Crippen LogP contribution in [-0.2, 0) is 16.6 Å². The van der Waals surface area contributed by atoms with Crippen molar-refractivity contribution in [1.82, 2.24) is 0 Å².